The lowest BCUT2D eigenvalue weighted by atomic mass is 10.1. The van der Waals surface area contributed by atoms with Gasteiger partial charge in [0, 0.05) is 12.2 Å². The molecule has 1 aliphatic rings. The van der Waals surface area contributed by atoms with E-state index in [1.165, 1.54) is 12.0 Å². The molecule has 4 heteroatoms. The Hall–Kier alpha value is -1.42. The van der Waals surface area contributed by atoms with Gasteiger partial charge >= 0.3 is 5.97 Å². The minimum absolute atomic E-state index is 0.348. The summed E-state index contributed by atoms with van der Waals surface area (Å²) in [6, 6.07) is 4.17. The van der Waals surface area contributed by atoms with Gasteiger partial charge in [-0.2, -0.15) is 0 Å². The molecule has 0 bridgehead atoms. The van der Waals surface area contributed by atoms with Crippen LogP contribution < -0.4 is 0 Å². The van der Waals surface area contributed by atoms with E-state index < -0.39 is 0 Å². The number of carbonyl (C=O) groups excluding carboxylic acids is 1. The van der Waals surface area contributed by atoms with Gasteiger partial charge in [0.2, 0.25) is 0 Å². The van der Waals surface area contributed by atoms with Gasteiger partial charge in [-0.3, -0.25) is 4.90 Å². The summed E-state index contributed by atoms with van der Waals surface area (Å²) in [4.78, 5) is 17.9. The molecule has 2 rings (SSSR count). The predicted molar refractivity (Wildman–Crippen MR) is 64.8 cm³/mol. The van der Waals surface area contributed by atoms with Gasteiger partial charge in [-0.1, -0.05) is 6.07 Å². The molecule has 0 aromatic carbocycles. The molecular weight excluding hydrogens is 216 g/mol. The number of hydrogen-bond donors (Lipinski definition) is 0. The standard InChI is InChI=1S/C13H18N2O2/c1-3-17-13(16)11-7-6-10(9-14-11)12-5-4-8-15(12)2/h6-7,9,12H,3-5,8H2,1-2H3. The molecule has 0 N–H and O–H groups in total. The largest absolute Gasteiger partial charge is 0.461 e. The SMILES string of the molecule is CCOC(=O)c1ccc(C2CCCN2C)cn1. The molecule has 0 amide bonds. The third-order valence-corrected chi connectivity index (χ3v) is 3.18. The molecule has 17 heavy (non-hydrogen) atoms. The van der Waals surface area contributed by atoms with Crippen LogP contribution in [0.1, 0.15) is 41.9 Å². The molecule has 1 aromatic rings. The van der Waals surface area contributed by atoms with Crippen molar-refractivity contribution in [3.8, 4) is 0 Å². The van der Waals surface area contributed by atoms with Gasteiger partial charge in [-0.15, -0.1) is 0 Å². The minimum Gasteiger partial charge on any atom is -0.461 e. The van der Waals surface area contributed by atoms with Crippen molar-refractivity contribution < 1.29 is 9.53 Å². The van der Waals surface area contributed by atoms with Crippen LogP contribution in [0.5, 0.6) is 0 Å². The summed E-state index contributed by atoms with van der Waals surface area (Å²) in [7, 11) is 2.12. The van der Waals surface area contributed by atoms with Crippen LogP contribution in [-0.2, 0) is 4.74 Å². The number of rotatable bonds is 3. The first kappa shape index (κ1) is 12.0. The summed E-state index contributed by atoms with van der Waals surface area (Å²) < 4.78 is 4.90. The molecular formula is C13H18N2O2. The first-order chi connectivity index (χ1) is 8.22. The Bertz CT molecular complexity index is 389. The maximum Gasteiger partial charge on any atom is 0.356 e. The van der Waals surface area contributed by atoms with Gasteiger partial charge in [0.1, 0.15) is 5.69 Å². The van der Waals surface area contributed by atoms with Gasteiger partial charge in [0.05, 0.1) is 6.61 Å². The quantitative estimate of drug-likeness (QED) is 0.750. The second-order valence-corrected chi connectivity index (χ2v) is 4.34. The summed E-state index contributed by atoms with van der Waals surface area (Å²) in [5, 5.41) is 0. The maximum atomic E-state index is 11.4. The second-order valence-electron chi connectivity index (χ2n) is 4.34. The summed E-state index contributed by atoms with van der Waals surface area (Å²) >= 11 is 0. The Morgan fingerprint density at radius 2 is 2.41 bits per heavy atom. The molecule has 1 atom stereocenters. The maximum absolute atomic E-state index is 11.4. The number of nitrogens with zero attached hydrogens (tertiary/aromatic N) is 2. The summed E-state index contributed by atoms with van der Waals surface area (Å²) in [5.74, 6) is -0.348. The van der Waals surface area contributed by atoms with E-state index in [1.54, 1.807) is 19.2 Å². The molecule has 1 saturated heterocycles. The van der Waals surface area contributed by atoms with Crippen LogP contribution in [0.3, 0.4) is 0 Å². The zero-order valence-corrected chi connectivity index (χ0v) is 10.3. The first-order valence-corrected chi connectivity index (χ1v) is 6.05. The van der Waals surface area contributed by atoms with Crippen molar-refractivity contribution >= 4 is 5.97 Å². The lowest BCUT2D eigenvalue weighted by Crippen LogP contribution is -2.18. The van der Waals surface area contributed by atoms with E-state index >= 15 is 0 Å². The third kappa shape index (κ3) is 2.64. The van der Waals surface area contributed by atoms with E-state index in [0.29, 0.717) is 18.3 Å². The van der Waals surface area contributed by atoms with E-state index in [2.05, 4.69) is 16.9 Å². The lowest BCUT2D eigenvalue weighted by Gasteiger charge is -2.19. The number of carbonyl (C=O) groups is 1. The van der Waals surface area contributed by atoms with E-state index in [0.717, 1.165) is 13.0 Å². The number of aromatic nitrogens is 1. The Labute approximate surface area is 102 Å². The van der Waals surface area contributed by atoms with Crippen molar-refractivity contribution in [1.82, 2.24) is 9.88 Å². The fourth-order valence-corrected chi connectivity index (χ4v) is 2.26. The van der Waals surface area contributed by atoms with E-state index in [1.807, 2.05) is 6.07 Å². The summed E-state index contributed by atoms with van der Waals surface area (Å²) in [6.45, 7) is 3.30. The van der Waals surface area contributed by atoms with E-state index in [9.17, 15) is 4.79 Å². The molecule has 0 saturated carbocycles. The van der Waals surface area contributed by atoms with Gasteiger partial charge < -0.3 is 4.74 Å². The van der Waals surface area contributed by atoms with Crippen LogP contribution in [0.25, 0.3) is 0 Å². The smallest absolute Gasteiger partial charge is 0.356 e. The summed E-state index contributed by atoms with van der Waals surface area (Å²) in [6.07, 6.45) is 4.18. The Morgan fingerprint density at radius 1 is 1.59 bits per heavy atom. The Morgan fingerprint density at radius 3 is 2.94 bits per heavy atom. The third-order valence-electron chi connectivity index (χ3n) is 3.18. The zero-order chi connectivity index (χ0) is 12.3. The average Bonchev–Trinajstić information content (AvgIpc) is 2.76. The second kappa shape index (κ2) is 5.27. The predicted octanol–water partition coefficient (Wildman–Crippen LogP) is 2.02. The van der Waals surface area contributed by atoms with Gasteiger partial charge in [0.15, 0.2) is 0 Å². The monoisotopic (exact) mass is 234 g/mol. The average molecular weight is 234 g/mol. The fourth-order valence-electron chi connectivity index (χ4n) is 2.26. The molecule has 1 fully saturated rings. The van der Waals surface area contributed by atoms with Crippen molar-refractivity contribution in [2.45, 2.75) is 25.8 Å². The first-order valence-electron chi connectivity index (χ1n) is 6.05. The molecule has 2 heterocycles. The molecule has 1 aliphatic heterocycles. The molecule has 4 nitrogen and oxygen atoms in total. The van der Waals surface area contributed by atoms with Gasteiger partial charge in [0.25, 0.3) is 0 Å². The highest BCUT2D eigenvalue weighted by atomic mass is 16.5. The van der Waals surface area contributed by atoms with Crippen molar-refractivity contribution in [2.24, 2.45) is 0 Å². The van der Waals surface area contributed by atoms with Crippen LogP contribution in [0.4, 0.5) is 0 Å². The van der Waals surface area contributed by atoms with E-state index in [-0.39, 0.29) is 5.97 Å². The fraction of sp³-hybridized carbons (Fsp3) is 0.538. The highest BCUT2D eigenvalue weighted by Crippen LogP contribution is 2.29. The van der Waals surface area contributed by atoms with Crippen LogP contribution in [0.15, 0.2) is 18.3 Å². The molecule has 0 spiro atoms. The number of ether oxygens (including phenoxy) is 1. The van der Waals surface area contributed by atoms with Crippen LogP contribution in [0, 0.1) is 0 Å². The number of pyridine rings is 1. The topological polar surface area (TPSA) is 42.4 Å². The molecule has 1 unspecified atom stereocenters. The molecule has 0 radical (unpaired) electrons. The summed E-state index contributed by atoms with van der Waals surface area (Å²) in [5.41, 5.74) is 1.56. The molecule has 92 valence electrons. The lowest BCUT2D eigenvalue weighted by molar-refractivity contribution is 0.0519. The van der Waals surface area contributed by atoms with Crippen LogP contribution in [0.2, 0.25) is 0 Å². The number of hydrogen-bond acceptors (Lipinski definition) is 4. The van der Waals surface area contributed by atoms with Crippen molar-refractivity contribution in [3.05, 3.63) is 29.6 Å². The highest BCUT2D eigenvalue weighted by Gasteiger charge is 2.22. The van der Waals surface area contributed by atoms with Gasteiger partial charge in [-0.25, -0.2) is 9.78 Å². The van der Waals surface area contributed by atoms with Crippen molar-refractivity contribution in [1.29, 1.82) is 0 Å². The minimum atomic E-state index is -0.348. The number of likely N-dealkylation sites (tertiary alicyclic amines) is 1. The highest BCUT2D eigenvalue weighted by molar-refractivity contribution is 5.87. The normalized spacial score (nSPS) is 20.5. The van der Waals surface area contributed by atoms with Crippen molar-refractivity contribution in [2.75, 3.05) is 20.2 Å². The van der Waals surface area contributed by atoms with Crippen LogP contribution in [-0.4, -0.2) is 36.1 Å². The van der Waals surface area contributed by atoms with Gasteiger partial charge in [-0.05, 0) is 45.0 Å². The number of esters is 1. The molecule has 1 aromatic heterocycles. The van der Waals surface area contributed by atoms with E-state index in [4.69, 9.17) is 4.74 Å². The van der Waals surface area contributed by atoms with Crippen molar-refractivity contribution in [3.63, 3.8) is 0 Å². The van der Waals surface area contributed by atoms with Crippen LogP contribution >= 0.6 is 0 Å². The Kier molecular flexibility index (Phi) is 3.74. The zero-order valence-electron chi connectivity index (χ0n) is 10.3. The Balaban J connectivity index is 2.10. The molecule has 0 aliphatic carbocycles.